The van der Waals surface area contributed by atoms with Crippen molar-refractivity contribution < 1.29 is 9.59 Å². The van der Waals surface area contributed by atoms with E-state index in [0.29, 0.717) is 18.4 Å². The van der Waals surface area contributed by atoms with Crippen LogP contribution in [0, 0.1) is 6.92 Å². The Morgan fingerprint density at radius 2 is 1.57 bits per heavy atom. The Balaban J connectivity index is 1.77. The van der Waals surface area contributed by atoms with Crippen LogP contribution >= 0.6 is 0 Å². The number of benzene rings is 2. The molecule has 0 spiro atoms. The maximum absolute atomic E-state index is 12.5. The smallest absolute Gasteiger partial charge is 0.226 e. The van der Waals surface area contributed by atoms with Gasteiger partial charge in [0.2, 0.25) is 5.91 Å². The summed E-state index contributed by atoms with van der Waals surface area (Å²) in [5.74, 6) is 0.178. The minimum atomic E-state index is 0.0870. The Morgan fingerprint density at radius 3 is 2.18 bits per heavy atom. The fourth-order valence-corrected chi connectivity index (χ4v) is 3.22. The number of hydrogen-bond donors (Lipinski definition) is 0. The number of ketones is 1. The average Bonchev–Trinajstić information content (AvgIpc) is 2.73. The van der Waals surface area contributed by atoms with Crippen molar-refractivity contribution in [1.29, 1.82) is 0 Å². The summed E-state index contributed by atoms with van der Waals surface area (Å²) in [6.07, 6.45) is 4.24. The molecular weight excluding hydrogens is 348 g/mol. The van der Waals surface area contributed by atoms with E-state index in [2.05, 4.69) is 11.1 Å². The van der Waals surface area contributed by atoms with Gasteiger partial charge in [0.05, 0.1) is 0 Å². The van der Waals surface area contributed by atoms with Crippen molar-refractivity contribution in [3.8, 4) is 11.1 Å². The first-order chi connectivity index (χ1) is 13.5. The largest absolute Gasteiger partial charge is 0.315 e. The second kappa shape index (κ2) is 8.61. The van der Waals surface area contributed by atoms with Crippen molar-refractivity contribution in [2.75, 3.05) is 11.9 Å². The number of pyridine rings is 1. The van der Waals surface area contributed by atoms with Crippen LogP contribution in [-0.4, -0.2) is 23.7 Å². The summed E-state index contributed by atoms with van der Waals surface area (Å²) < 4.78 is 0. The van der Waals surface area contributed by atoms with E-state index in [9.17, 15) is 9.59 Å². The molecule has 1 heterocycles. The first kappa shape index (κ1) is 19.5. The number of carbonyl (C=O) groups excluding carboxylic acids is 2. The number of carbonyl (C=O) groups is 2. The zero-order valence-corrected chi connectivity index (χ0v) is 16.5. The summed E-state index contributed by atoms with van der Waals surface area (Å²) in [6.45, 7) is 3.87. The number of rotatable bonds is 6. The monoisotopic (exact) mass is 372 g/mol. The number of aryl methyl sites for hydroxylation is 1. The lowest BCUT2D eigenvalue weighted by molar-refractivity contribution is -0.118. The van der Waals surface area contributed by atoms with Gasteiger partial charge in [-0.1, -0.05) is 37.3 Å². The van der Waals surface area contributed by atoms with Gasteiger partial charge in [-0.05, 0) is 53.4 Å². The van der Waals surface area contributed by atoms with Crippen LogP contribution < -0.4 is 4.90 Å². The first-order valence-corrected chi connectivity index (χ1v) is 9.39. The minimum absolute atomic E-state index is 0.0870. The summed E-state index contributed by atoms with van der Waals surface area (Å²) in [6, 6.07) is 17.4. The molecule has 3 rings (SSSR count). The highest BCUT2D eigenvalue weighted by Gasteiger charge is 2.12. The van der Waals surface area contributed by atoms with Gasteiger partial charge in [0.1, 0.15) is 0 Å². The topological polar surface area (TPSA) is 50.3 Å². The van der Waals surface area contributed by atoms with Gasteiger partial charge in [0.15, 0.2) is 5.78 Å². The van der Waals surface area contributed by atoms with E-state index in [-0.39, 0.29) is 11.7 Å². The molecule has 0 fully saturated rings. The molecule has 142 valence electrons. The summed E-state index contributed by atoms with van der Waals surface area (Å²) in [7, 11) is 1.80. The van der Waals surface area contributed by atoms with Gasteiger partial charge in [0, 0.05) is 43.5 Å². The molecule has 28 heavy (non-hydrogen) atoms. The van der Waals surface area contributed by atoms with Crippen LogP contribution in [0.25, 0.3) is 11.1 Å². The lowest BCUT2D eigenvalue weighted by Crippen LogP contribution is -2.25. The molecule has 3 aromatic rings. The summed E-state index contributed by atoms with van der Waals surface area (Å²) >= 11 is 0. The third kappa shape index (κ3) is 4.34. The number of anilines is 1. The quantitative estimate of drug-likeness (QED) is 0.581. The molecule has 1 amide bonds. The summed E-state index contributed by atoms with van der Waals surface area (Å²) in [5.41, 5.74) is 5.72. The minimum Gasteiger partial charge on any atom is -0.315 e. The maximum Gasteiger partial charge on any atom is 0.226 e. The molecule has 4 heteroatoms. The third-order valence-corrected chi connectivity index (χ3v) is 4.89. The van der Waals surface area contributed by atoms with Crippen molar-refractivity contribution in [3.63, 3.8) is 0 Å². The summed E-state index contributed by atoms with van der Waals surface area (Å²) in [5, 5.41) is 0. The van der Waals surface area contributed by atoms with Gasteiger partial charge in [-0.15, -0.1) is 0 Å². The van der Waals surface area contributed by atoms with Gasteiger partial charge < -0.3 is 4.90 Å². The van der Waals surface area contributed by atoms with E-state index < -0.39 is 0 Å². The summed E-state index contributed by atoms with van der Waals surface area (Å²) in [4.78, 5) is 30.1. The van der Waals surface area contributed by atoms with Crippen LogP contribution in [0.1, 0.15) is 34.8 Å². The Kier molecular flexibility index (Phi) is 5.99. The van der Waals surface area contributed by atoms with Crippen LogP contribution in [0.3, 0.4) is 0 Å². The van der Waals surface area contributed by atoms with Gasteiger partial charge >= 0.3 is 0 Å². The third-order valence-electron chi connectivity index (χ3n) is 4.89. The van der Waals surface area contributed by atoms with Gasteiger partial charge in [-0.3, -0.25) is 14.6 Å². The molecule has 0 aliphatic carbocycles. The number of aromatic nitrogens is 1. The number of nitrogens with zero attached hydrogens (tertiary/aromatic N) is 2. The van der Waals surface area contributed by atoms with Crippen molar-refractivity contribution in [3.05, 3.63) is 83.7 Å². The van der Waals surface area contributed by atoms with E-state index in [1.807, 2.05) is 62.4 Å². The molecule has 0 atom stereocenters. The molecule has 2 aromatic carbocycles. The lowest BCUT2D eigenvalue weighted by atomic mass is 9.98. The number of hydrogen-bond acceptors (Lipinski definition) is 3. The van der Waals surface area contributed by atoms with Crippen LogP contribution in [0.5, 0.6) is 0 Å². The Bertz CT molecular complexity index is 979. The van der Waals surface area contributed by atoms with E-state index >= 15 is 0 Å². The zero-order valence-electron chi connectivity index (χ0n) is 16.5. The Labute approximate surface area is 165 Å². The Hall–Kier alpha value is -3.27. The van der Waals surface area contributed by atoms with Crippen molar-refractivity contribution in [2.45, 2.75) is 26.7 Å². The molecule has 0 radical (unpaired) electrons. The highest BCUT2D eigenvalue weighted by Crippen LogP contribution is 2.27. The fraction of sp³-hybridized carbons (Fsp3) is 0.208. The van der Waals surface area contributed by atoms with Crippen molar-refractivity contribution >= 4 is 17.4 Å². The molecule has 0 N–H and O–H groups in total. The molecule has 0 unspecified atom stereocenters. The zero-order chi connectivity index (χ0) is 20.1. The number of amides is 1. The maximum atomic E-state index is 12.5. The molecule has 0 bridgehead atoms. The normalized spacial score (nSPS) is 10.5. The molecule has 0 aliphatic heterocycles. The molecule has 1 aromatic heterocycles. The van der Waals surface area contributed by atoms with Gasteiger partial charge in [0.25, 0.3) is 0 Å². The van der Waals surface area contributed by atoms with Crippen molar-refractivity contribution in [2.24, 2.45) is 0 Å². The predicted octanol–water partition coefficient (Wildman–Crippen LogP) is 4.86. The van der Waals surface area contributed by atoms with Crippen LogP contribution in [-0.2, 0) is 11.2 Å². The van der Waals surface area contributed by atoms with Gasteiger partial charge in [-0.2, -0.15) is 0 Å². The lowest BCUT2D eigenvalue weighted by Gasteiger charge is -2.19. The second-order valence-electron chi connectivity index (χ2n) is 6.84. The number of Topliss-reactive ketones (excluding diaryl/α,β-unsaturated/α-hetero) is 1. The molecular formula is C24H24N2O2. The average molecular weight is 372 g/mol. The highest BCUT2D eigenvalue weighted by molar-refractivity contribution is 5.98. The molecule has 0 aliphatic rings. The van der Waals surface area contributed by atoms with Crippen LogP contribution in [0.4, 0.5) is 5.69 Å². The van der Waals surface area contributed by atoms with E-state index in [4.69, 9.17) is 0 Å². The SMILES string of the molecule is CCC(=O)N(C)c1ccc(-c2ccc(C(=O)Cc3ccncc3)cc2)cc1C. The highest BCUT2D eigenvalue weighted by atomic mass is 16.2. The van der Waals surface area contributed by atoms with Crippen LogP contribution in [0.2, 0.25) is 0 Å². The molecule has 0 saturated carbocycles. The van der Waals surface area contributed by atoms with E-state index in [1.54, 1.807) is 24.3 Å². The second-order valence-corrected chi connectivity index (χ2v) is 6.84. The van der Waals surface area contributed by atoms with Crippen molar-refractivity contribution in [1.82, 2.24) is 4.98 Å². The fourth-order valence-electron chi connectivity index (χ4n) is 3.22. The van der Waals surface area contributed by atoms with Gasteiger partial charge in [-0.25, -0.2) is 0 Å². The van der Waals surface area contributed by atoms with E-state index in [0.717, 1.165) is 27.9 Å². The predicted molar refractivity (Wildman–Crippen MR) is 113 cm³/mol. The van der Waals surface area contributed by atoms with Crippen LogP contribution in [0.15, 0.2) is 67.0 Å². The first-order valence-electron chi connectivity index (χ1n) is 9.39. The Morgan fingerprint density at radius 1 is 0.929 bits per heavy atom. The van der Waals surface area contributed by atoms with E-state index in [1.165, 1.54) is 0 Å². The molecule has 4 nitrogen and oxygen atoms in total. The standard InChI is InChI=1S/C24H24N2O2/c1-4-24(28)26(3)22-10-9-21(15-17(22)2)19-5-7-20(8-6-19)23(27)16-18-11-13-25-14-12-18/h5-15H,4,16H2,1-3H3. The molecule has 0 saturated heterocycles.